The van der Waals surface area contributed by atoms with E-state index >= 15 is 0 Å². The van der Waals surface area contributed by atoms with Gasteiger partial charge in [0, 0.05) is 13.5 Å². The van der Waals surface area contributed by atoms with Crippen molar-refractivity contribution >= 4 is 5.97 Å². The molecular weight excluding hydrogens is 296 g/mol. The third-order valence-electron chi connectivity index (χ3n) is 3.09. The zero-order chi connectivity index (χ0) is 17.6. The molecule has 0 bridgehead atoms. The van der Waals surface area contributed by atoms with Crippen LogP contribution in [0.5, 0.6) is 0 Å². The summed E-state index contributed by atoms with van der Waals surface area (Å²) < 4.78 is 7.07. The number of esters is 1. The second kappa shape index (κ2) is 8.40. The maximum absolute atomic E-state index is 11.7. The minimum atomic E-state index is -0.547. The Morgan fingerprint density at radius 1 is 1.35 bits per heavy atom. The molecule has 8 heteroatoms. The van der Waals surface area contributed by atoms with Crippen LogP contribution in [0.4, 0.5) is 0 Å². The van der Waals surface area contributed by atoms with E-state index in [0.29, 0.717) is 12.2 Å². The normalized spacial score (nSPS) is 11.8. The molecule has 0 aromatic carbocycles. The average Bonchev–Trinajstić information content (AvgIpc) is 3.13. The molecule has 2 heterocycles. The zero-order valence-corrected chi connectivity index (χ0v) is 14.9. The lowest BCUT2D eigenvalue weighted by Crippen LogP contribution is -2.22. The Morgan fingerprint density at radius 3 is 2.48 bits per heavy atom. The predicted molar refractivity (Wildman–Crippen MR) is 86.4 cm³/mol. The second-order valence-corrected chi connectivity index (χ2v) is 5.19. The highest BCUT2D eigenvalue weighted by molar-refractivity contribution is 5.71. The molecule has 128 valence electrons. The Morgan fingerprint density at radius 2 is 2.00 bits per heavy atom. The number of rotatable bonds is 5. The number of carbonyl (C=O) groups is 1. The van der Waals surface area contributed by atoms with E-state index in [1.165, 1.54) is 4.80 Å². The highest BCUT2D eigenvalue weighted by Crippen LogP contribution is 2.19. The lowest BCUT2D eigenvalue weighted by atomic mass is 10.2. The van der Waals surface area contributed by atoms with Crippen LogP contribution < -0.4 is 0 Å². The summed E-state index contributed by atoms with van der Waals surface area (Å²) in [5.41, 5.74) is 1.76. The first kappa shape index (κ1) is 18.8. The molecule has 2 rings (SSSR count). The van der Waals surface area contributed by atoms with E-state index in [1.807, 2.05) is 34.7 Å². The van der Waals surface area contributed by atoms with Crippen molar-refractivity contribution in [3.8, 4) is 11.5 Å². The lowest BCUT2D eigenvalue weighted by molar-refractivity contribution is -0.159. The van der Waals surface area contributed by atoms with Gasteiger partial charge in [-0.15, -0.1) is 15.0 Å². The molecule has 0 aliphatic rings. The van der Waals surface area contributed by atoms with Gasteiger partial charge in [-0.2, -0.15) is 5.10 Å². The molecular formula is C15H26N6O2. The minimum absolute atomic E-state index is 0.193. The number of aryl methyl sites for hydroxylation is 2. The fourth-order valence-electron chi connectivity index (χ4n) is 1.87. The molecule has 0 N–H and O–H groups in total. The maximum Gasteiger partial charge on any atom is 0.310 e. The van der Waals surface area contributed by atoms with Gasteiger partial charge in [0.15, 0.2) is 0 Å². The smallest absolute Gasteiger partial charge is 0.310 e. The van der Waals surface area contributed by atoms with E-state index < -0.39 is 6.23 Å². The van der Waals surface area contributed by atoms with Gasteiger partial charge in [0.05, 0.1) is 12.1 Å². The van der Waals surface area contributed by atoms with Crippen LogP contribution in [0.2, 0.25) is 0 Å². The summed E-state index contributed by atoms with van der Waals surface area (Å²) in [5.74, 6) is -0.00896. The molecule has 23 heavy (non-hydrogen) atoms. The Labute approximate surface area is 136 Å². The molecule has 0 spiro atoms. The molecule has 0 saturated heterocycles. The summed E-state index contributed by atoms with van der Waals surface area (Å²) in [7, 11) is 1.82. The van der Waals surface area contributed by atoms with Gasteiger partial charge in [0.2, 0.25) is 12.1 Å². The van der Waals surface area contributed by atoms with E-state index in [2.05, 4.69) is 20.5 Å². The van der Waals surface area contributed by atoms with Crippen molar-refractivity contribution in [1.82, 2.24) is 30.0 Å². The summed E-state index contributed by atoms with van der Waals surface area (Å²) in [5, 5.41) is 16.5. The summed E-state index contributed by atoms with van der Waals surface area (Å²) in [6, 6.07) is 0. The first-order chi connectivity index (χ1) is 10.9. The molecule has 8 nitrogen and oxygen atoms in total. The molecule has 2 aromatic heterocycles. The average molecular weight is 322 g/mol. The summed E-state index contributed by atoms with van der Waals surface area (Å²) in [6.07, 6.45) is 1.76. The monoisotopic (exact) mass is 322 g/mol. The molecule has 0 aliphatic carbocycles. The number of carbonyl (C=O) groups excluding carboxylic acids is 1. The van der Waals surface area contributed by atoms with Gasteiger partial charge < -0.3 is 4.74 Å². The number of ether oxygens (including phenoxy) is 1. The second-order valence-electron chi connectivity index (χ2n) is 5.19. The van der Waals surface area contributed by atoms with Crippen molar-refractivity contribution in [2.75, 3.05) is 0 Å². The zero-order valence-electron chi connectivity index (χ0n) is 14.9. The molecule has 0 saturated carbocycles. The van der Waals surface area contributed by atoms with Crippen LogP contribution >= 0.6 is 0 Å². The van der Waals surface area contributed by atoms with Crippen LogP contribution in [0.25, 0.3) is 11.5 Å². The quantitative estimate of drug-likeness (QED) is 0.786. The van der Waals surface area contributed by atoms with Gasteiger partial charge in [-0.1, -0.05) is 34.6 Å². The summed E-state index contributed by atoms with van der Waals surface area (Å²) >= 11 is 0. The Kier molecular flexibility index (Phi) is 6.87. The van der Waals surface area contributed by atoms with Gasteiger partial charge >= 0.3 is 5.97 Å². The van der Waals surface area contributed by atoms with E-state index in [4.69, 9.17) is 4.74 Å². The van der Waals surface area contributed by atoms with Crippen molar-refractivity contribution in [3.05, 3.63) is 11.8 Å². The van der Waals surface area contributed by atoms with Crippen LogP contribution in [0, 0.1) is 12.8 Å². The van der Waals surface area contributed by atoms with Crippen LogP contribution in [0.15, 0.2) is 6.20 Å². The number of hydrogen-bond donors (Lipinski definition) is 0. The molecule has 0 amide bonds. The van der Waals surface area contributed by atoms with E-state index in [0.717, 1.165) is 11.3 Å². The number of aromatic nitrogens is 6. The van der Waals surface area contributed by atoms with Gasteiger partial charge in [-0.05, 0) is 17.7 Å². The predicted octanol–water partition coefficient (Wildman–Crippen LogP) is 2.52. The minimum Gasteiger partial charge on any atom is -0.438 e. The van der Waals surface area contributed by atoms with Crippen molar-refractivity contribution in [2.45, 2.75) is 54.2 Å². The summed E-state index contributed by atoms with van der Waals surface area (Å²) in [6.45, 7) is 11.4. The van der Waals surface area contributed by atoms with Crippen LogP contribution in [0.3, 0.4) is 0 Å². The molecule has 1 atom stereocenters. The van der Waals surface area contributed by atoms with Gasteiger partial charge in [-0.3, -0.25) is 9.48 Å². The summed E-state index contributed by atoms with van der Waals surface area (Å²) in [4.78, 5) is 13.0. The Hall–Kier alpha value is -2.25. The topological polar surface area (TPSA) is 87.7 Å². The standard InChI is InChI=1S/C13H20N6O2.C2H6/c1-6-10(21-13(20)8(2)3)19-16-12(15-17-19)11-9(4)7-14-18(11)5;1-2/h7-8,10H,6H2,1-5H3;1-2H3. The molecule has 0 aliphatic heterocycles. The fourth-order valence-corrected chi connectivity index (χ4v) is 1.87. The highest BCUT2D eigenvalue weighted by Gasteiger charge is 2.21. The van der Waals surface area contributed by atoms with Crippen molar-refractivity contribution < 1.29 is 9.53 Å². The fraction of sp³-hybridized carbons (Fsp3) is 0.667. The third-order valence-corrected chi connectivity index (χ3v) is 3.09. The molecule has 0 radical (unpaired) electrons. The molecule has 2 aromatic rings. The molecule has 1 unspecified atom stereocenters. The number of tetrazole rings is 1. The first-order valence-corrected chi connectivity index (χ1v) is 7.93. The SMILES string of the molecule is CC.CCC(OC(=O)C(C)C)n1nnc(-c2c(C)cnn2C)n1. The largest absolute Gasteiger partial charge is 0.438 e. The highest BCUT2D eigenvalue weighted by atomic mass is 16.6. The van der Waals surface area contributed by atoms with Crippen molar-refractivity contribution in [1.29, 1.82) is 0 Å². The van der Waals surface area contributed by atoms with Gasteiger partial charge in [0.25, 0.3) is 0 Å². The third kappa shape index (κ3) is 4.37. The van der Waals surface area contributed by atoms with Gasteiger partial charge in [0.1, 0.15) is 5.69 Å². The van der Waals surface area contributed by atoms with Gasteiger partial charge in [-0.25, -0.2) is 0 Å². The van der Waals surface area contributed by atoms with E-state index in [-0.39, 0.29) is 11.9 Å². The molecule has 0 fully saturated rings. The Balaban J connectivity index is 0.00000127. The number of hydrogen-bond acceptors (Lipinski definition) is 6. The lowest BCUT2D eigenvalue weighted by Gasteiger charge is -2.15. The maximum atomic E-state index is 11.7. The number of nitrogens with zero attached hydrogens (tertiary/aromatic N) is 6. The van der Waals surface area contributed by atoms with E-state index in [1.54, 1.807) is 24.7 Å². The van der Waals surface area contributed by atoms with Crippen molar-refractivity contribution in [3.63, 3.8) is 0 Å². The van der Waals surface area contributed by atoms with E-state index in [9.17, 15) is 4.79 Å². The van der Waals surface area contributed by atoms with Crippen LogP contribution in [-0.2, 0) is 16.6 Å². The van der Waals surface area contributed by atoms with Crippen LogP contribution in [0.1, 0.15) is 52.8 Å². The first-order valence-electron chi connectivity index (χ1n) is 7.93. The Bertz CT molecular complexity index is 612. The van der Waals surface area contributed by atoms with Crippen LogP contribution in [-0.4, -0.2) is 36.0 Å². The van der Waals surface area contributed by atoms with Crippen molar-refractivity contribution in [2.24, 2.45) is 13.0 Å².